The molecule has 7 N–H and O–H groups in total. The van der Waals surface area contributed by atoms with Gasteiger partial charge in [0.1, 0.15) is 12.1 Å². The van der Waals surface area contributed by atoms with Crippen molar-refractivity contribution in [1.29, 1.82) is 0 Å². The van der Waals surface area contributed by atoms with Gasteiger partial charge in [-0.25, -0.2) is 4.79 Å². The number of amides is 3. The molecule has 0 heterocycles. The van der Waals surface area contributed by atoms with Crippen LogP contribution in [0.1, 0.15) is 26.7 Å². The maximum atomic E-state index is 12.1. The molecular weight excluding hydrogens is 380 g/mol. The van der Waals surface area contributed by atoms with Crippen LogP contribution in [0, 0.1) is 5.92 Å². The van der Waals surface area contributed by atoms with E-state index in [0.717, 1.165) is 0 Å². The summed E-state index contributed by atoms with van der Waals surface area (Å²) in [5.74, 6) is -5.20. The number of aliphatic carboxylic acids is 2. The molecule has 11 nitrogen and oxygen atoms in total. The molecule has 0 aliphatic heterocycles. The number of carboxylic acids is 2. The SMILES string of the molecule is CCC(C)C(N)C(=O)NC(CS)C(=O)NCC(=O)NC(CC(=O)O)C(=O)O. The van der Waals surface area contributed by atoms with E-state index in [2.05, 4.69) is 23.3 Å². The first kappa shape index (κ1) is 24.7. The second kappa shape index (κ2) is 12.1. The number of rotatable bonds is 12. The number of nitrogens with two attached hydrogens (primary N) is 1. The topological polar surface area (TPSA) is 188 Å². The summed E-state index contributed by atoms with van der Waals surface area (Å²) in [7, 11) is 0. The van der Waals surface area contributed by atoms with Crippen LogP contribution >= 0.6 is 12.6 Å². The van der Waals surface area contributed by atoms with E-state index in [1.54, 1.807) is 6.92 Å². The van der Waals surface area contributed by atoms with Crippen LogP contribution < -0.4 is 21.7 Å². The molecule has 27 heavy (non-hydrogen) atoms. The molecule has 0 aliphatic carbocycles. The average molecular weight is 406 g/mol. The number of thiol groups is 1. The van der Waals surface area contributed by atoms with Gasteiger partial charge in [-0.2, -0.15) is 12.6 Å². The van der Waals surface area contributed by atoms with Gasteiger partial charge in [0.2, 0.25) is 17.7 Å². The molecule has 0 aromatic carbocycles. The number of hydrogen-bond donors (Lipinski definition) is 7. The fourth-order valence-electron chi connectivity index (χ4n) is 1.89. The summed E-state index contributed by atoms with van der Waals surface area (Å²) in [5, 5.41) is 24.1. The van der Waals surface area contributed by atoms with Gasteiger partial charge in [0, 0.05) is 5.75 Å². The third-order valence-electron chi connectivity index (χ3n) is 3.81. The molecule has 0 rings (SSSR count). The van der Waals surface area contributed by atoms with E-state index in [1.807, 2.05) is 12.2 Å². The van der Waals surface area contributed by atoms with Crippen LogP contribution in [0.25, 0.3) is 0 Å². The Morgan fingerprint density at radius 2 is 1.63 bits per heavy atom. The molecule has 0 saturated carbocycles. The molecule has 4 unspecified atom stereocenters. The average Bonchev–Trinajstić information content (AvgIpc) is 2.61. The quantitative estimate of drug-likeness (QED) is 0.180. The maximum Gasteiger partial charge on any atom is 0.326 e. The van der Waals surface area contributed by atoms with Crippen LogP contribution in [0.2, 0.25) is 0 Å². The highest BCUT2D eigenvalue weighted by Gasteiger charge is 2.26. The summed E-state index contributed by atoms with van der Waals surface area (Å²) in [6.07, 6.45) is -0.134. The van der Waals surface area contributed by atoms with E-state index in [4.69, 9.17) is 15.9 Å². The molecule has 0 aromatic rings. The van der Waals surface area contributed by atoms with Gasteiger partial charge in [-0.15, -0.1) is 0 Å². The van der Waals surface area contributed by atoms with Gasteiger partial charge < -0.3 is 31.9 Å². The van der Waals surface area contributed by atoms with Crippen molar-refractivity contribution in [3.05, 3.63) is 0 Å². The van der Waals surface area contributed by atoms with Crippen LogP contribution in [-0.2, 0) is 24.0 Å². The van der Waals surface area contributed by atoms with Crippen molar-refractivity contribution < 1.29 is 34.2 Å². The summed E-state index contributed by atoms with van der Waals surface area (Å²) < 4.78 is 0. The Morgan fingerprint density at radius 1 is 1.04 bits per heavy atom. The number of carbonyl (C=O) groups excluding carboxylic acids is 3. The molecule has 12 heteroatoms. The molecule has 4 atom stereocenters. The monoisotopic (exact) mass is 406 g/mol. The largest absolute Gasteiger partial charge is 0.481 e. The van der Waals surface area contributed by atoms with Crippen LogP contribution in [0.4, 0.5) is 0 Å². The number of nitrogens with one attached hydrogen (secondary N) is 3. The maximum absolute atomic E-state index is 12.1. The zero-order valence-corrected chi connectivity index (χ0v) is 16.0. The lowest BCUT2D eigenvalue weighted by molar-refractivity contribution is -0.147. The lowest BCUT2D eigenvalue weighted by Gasteiger charge is -2.22. The Bertz CT molecular complexity index is 572. The van der Waals surface area contributed by atoms with Crippen molar-refractivity contribution in [3.63, 3.8) is 0 Å². The Labute approximate surface area is 161 Å². The van der Waals surface area contributed by atoms with Crippen molar-refractivity contribution in [1.82, 2.24) is 16.0 Å². The van der Waals surface area contributed by atoms with E-state index in [9.17, 15) is 24.0 Å². The first-order chi connectivity index (χ1) is 12.5. The standard InChI is InChI=1S/C15H26N4O7S/c1-3-7(2)12(16)14(24)19-9(6-27)13(23)17-5-10(20)18-8(15(25)26)4-11(21)22/h7-9,12,27H,3-6,16H2,1-2H3,(H,17,23)(H,18,20)(H,19,24)(H,21,22)(H,25,26). The van der Waals surface area contributed by atoms with Gasteiger partial charge >= 0.3 is 11.9 Å². The lowest BCUT2D eigenvalue weighted by Crippen LogP contribution is -2.55. The Kier molecular flexibility index (Phi) is 11.1. The summed E-state index contributed by atoms with van der Waals surface area (Å²) in [5.41, 5.74) is 5.78. The van der Waals surface area contributed by atoms with Crippen molar-refractivity contribution in [2.24, 2.45) is 11.7 Å². The van der Waals surface area contributed by atoms with Gasteiger partial charge in [0.05, 0.1) is 19.0 Å². The zero-order valence-electron chi connectivity index (χ0n) is 15.1. The van der Waals surface area contributed by atoms with Crippen molar-refractivity contribution in [2.45, 2.75) is 44.8 Å². The summed E-state index contributed by atoms with van der Waals surface area (Å²) in [4.78, 5) is 57.3. The van der Waals surface area contributed by atoms with Crippen molar-refractivity contribution in [2.75, 3.05) is 12.3 Å². The third-order valence-corrected chi connectivity index (χ3v) is 4.18. The van der Waals surface area contributed by atoms with Gasteiger partial charge in [0.25, 0.3) is 0 Å². The highest BCUT2D eigenvalue weighted by molar-refractivity contribution is 7.80. The molecular formula is C15H26N4O7S. The lowest BCUT2D eigenvalue weighted by atomic mass is 9.99. The predicted octanol–water partition coefficient (Wildman–Crippen LogP) is -2.07. The number of hydrogen-bond acceptors (Lipinski definition) is 7. The molecule has 3 amide bonds. The Hall–Kier alpha value is -2.34. The molecule has 0 aromatic heterocycles. The molecule has 0 fully saturated rings. The minimum atomic E-state index is -1.62. The van der Waals surface area contributed by atoms with E-state index in [-0.39, 0.29) is 11.7 Å². The van der Waals surface area contributed by atoms with Gasteiger partial charge in [-0.1, -0.05) is 20.3 Å². The minimum Gasteiger partial charge on any atom is -0.481 e. The minimum absolute atomic E-state index is 0.0524. The van der Waals surface area contributed by atoms with E-state index in [1.165, 1.54) is 0 Å². The van der Waals surface area contributed by atoms with Crippen LogP contribution in [0.3, 0.4) is 0 Å². The van der Waals surface area contributed by atoms with E-state index in [0.29, 0.717) is 6.42 Å². The van der Waals surface area contributed by atoms with E-state index >= 15 is 0 Å². The summed E-state index contributed by atoms with van der Waals surface area (Å²) in [6.45, 7) is 3.06. The van der Waals surface area contributed by atoms with E-state index < -0.39 is 60.8 Å². The molecule has 0 bridgehead atoms. The summed E-state index contributed by atoms with van der Waals surface area (Å²) >= 11 is 3.98. The Morgan fingerprint density at radius 3 is 2.07 bits per heavy atom. The van der Waals surface area contributed by atoms with Crippen LogP contribution in [0.15, 0.2) is 0 Å². The molecule has 0 saturated heterocycles. The van der Waals surface area contributed by atoms with Crippen molar-refractivity contribution >= 4 is 42.3 Å². The van der Waals surface area contributed by atoms with Crippen LogP contribution in [0.5, 0.6) is 0 Å². The third kappa shape index (κ3) is 9.24. The molecule has 0 aliphatic rings. The second-order valence-corrected chi connectivity index (χ2v) is 6.29. The number of carbonyl (C=O) groups is 5. The molecule has 154 valence electrons. The van der Waals surface area contributed by atoms with Crippen molar-refractivity contribution in [3.8, 4) is 0 Å². The fourth-order valence-corrected chi connectivity index (χ4v) is 2.14. The highest BCUT2D eigenvalue weighted by Crippen LogP contribution is 2.05. The summed E-state index contributed by atoms with van der Waals surface area (Å²) in [6, 6.07) is -3.47. The first-order valence-corrected chi connectivity index (χ1v) is 8.85. The highest BCUT2D eigenvalue weighted by atomic mass is 32.1. The second-order valence-electron chi connectivity index (χ2n) is 5.93. The predicted molar refractivity (Wildman–Crippen MR) is 98.0 cm³/mol. The van der Waals surface area contributed by atoms with Crippen LogP contribution in [-0.4, -0.2) is 70.3 Å². The van der Waals surface area contributed by atoms with Gasteiger partial charge in [0.15, 0.2) is 0 Å². The van der Waals surface area contributed by atoms with Gasteiger partial charge in [-0.3, -0.25) is 19.2 Å². The first-order valence-electron chi connectivity index (χ1n) is 8.21. The Balaban J connectivity index is 4.63. The molecule has 0 spiro atoms. The zero-order chi connectivity index (χ0) is 21.1. The smallest absolute Gasteiger partial charge is 0.326 e. The fraction of sp³-hybridized carbons (Fsp3) is 0.667. The van der Waals surface area contributed by atoms with Gasteiger partial charge in [-0.05, 0) is 5.92 Å². The molecule has 0 radical (unpaired) electrons. The number of carboxylic acid groups (broad SMARTS) is 2. The normalized spacial score (nSPS) is 15.0.